The third kappa shape index (κ3) is 3.81. The summed E-state index contributed by atoms with van der Waals surface area (Å²) in [6.07, 6.45) is 0. The standard InChI is InChI=1S/C15H15ClN2O/c16-11-14(12-7-3-1-4-8-12)17-18-15(19)13-9-5-2-6-10-13/h1-10,14,17H,11H2,(H,18,19). The van der Waals surface area contributed by atoms with E-state index in [1.54, 1.807) is 12.1 Å². The summed E-state index contributed by atoms with van der Waals surface area (Å²) in [6.45, 7) is 0. The molecule has 2 N–H and O–H groups in total. The van der Waals surface area contributed by atoms with Crippen LogP contribution in [0.25, 0.3) is 0 Å². The first-order valence-corrected chi connectivity index (χ1v) is 6.56. The molecule has 1 atom stereocenters. The number of alkyl halides is 1. The molecule has 0 heterocycles. The van der Waals surface area contributed by atoms with Crippen molar-refractivity contribution in [1.29, 1.82) is 0 Å². The summed E-state index contributed by atoms with van der Waals surface area (Å²) in [5.74, 6) is 0.200. The molecule has 0 spiro atoms. The predicted octanol–water partition coefficient (Wildman–Crippen LogP) is 2.90. The molecule has 0 radical (unpaired) electrons. The Morgan fingerprint density at radius 2 is 1.58 bits per heavy atom. The number of hydrazine groups is 1. The molecule has 0 bridgehead atoms. The molecule has 98 valence electrons. The Labute approximate surface area is 117 Å². The average Bonchev–Trinajstić information content (AvgIpc) is 2.49. The van der Waals surface area contributed by atoms with E-state index in [4.69, 9.17) is 11.6 Å². The van der Waals surface area contributed by atoms with E-state index in [-0.39, 0.29) is 11.9 Å². The molecular weight excluding hydrogens is 260 g/mol. The van der Waals surface area contributed by atoms with Crippen LogP contribution in [0, 0.1) is 0 Å². The van der Waals surface area contributed by atoms with E-state index in [0.29, 0.717) is 11.4 Å². The Morgan fingerprint density at radius 1 is 1.00 bits per heavy atom. The summed E-state index contributed by atoms with van der Waals surface area (Å²) in [5.41, 5.74) is 7.27. The molecule has 0 aliphatic heterocycles. The minimum atomic E-state index is -0.174. The maximum absolute atomic E-state index is 11.9. The van der Waals surface area contributed by atoms with Gasteiger partial charge in [0.1, 0.15) is 0 Å². The second-order valence-electron chi connectivity index (χ2n) is 4.08. The quantitative estimate of drug-likeness (QED) is 0.650. The summed E-state index contributed by atoms with van der Waals surface area (Å²) in [5, 5.41) is 0. The Kier molecular flexibility index (Phi) is 4.95. The van der Waals surface area contributed by atoms with Gasteiger partial charge in [-0.15, -0.1) is 11.6 Å². The highest BCUT2D eigenvalue weighted by atomic mass is 35.5. The number of carbonyl (C=O) groups excluding carboxylic acids is 1. The van der Waals surface area contributed by atoms with Gasteiger partial charge in [-0.25, -0.2) is 5.43 Å². The van der Waals surface area contributed by atoms with Gasteiger partial charge in [-0.05, 0) is 17.7 Å². The van der Waals surface area contributed by atoms with Crippen LogP contribution in [-0.2, 0) is 0 Å². The summed E-state index contributed by atoms with van der Waals surface area (Å²) in [7, 11) is 0. The lowest BCUT2D eigenvalue weighted by atomic mass is 10.1. The van der Waals surface area contributed by atoms with E-state index in [2.05, 4.69) is 10.9 Å². The first-order valence-electron chi connectivity index (χ1n) is 6.03. The molecule has 0 aliphatic carbocycles. The van der Waals surface area contributed by atoms with Crippen LogP contribution in [0.3, 0.4) is 0 Å². The number of amides is 1. The lowest BCUT2D eigenvalue weighted by molar-refractivity contribution is 0.0926. The van der Waals surface area contributed by atoms with Crippen molar-refractivity contribution in [2.45, 2.75) is 6.04 Å². The van der Waals surface area contributed by atoms with Gasteiger partial charge in [0, 0.05) is 11.4 Å². The van der Waals surface area contributed by atoms with Crippen LogP contribution >= 0.6 is 11.6 Å². The number of benzene rings is 2. The van der Waals surface area contributed by atoms with Crippen LogP contribution in [0.5, 0.6) is 0 Å². The fourth-order valence-corrected chi connectivity index (χ4v) is 1.97. The van der Waals surface area contributed by atoms with Crippen LogP contribution < -0.4 is 10.9 Å². The molecule has 3 nitrogen and oxygen atoms in total. The zero-order valence-corrected chi connectivity index (χ0v) is 11.1. The molecule has 0 saturated heterocycles. The number of carbonyl (C=O) groups is 1. The third-order valence-corrected chi connectivity index (χ3v) is 3.06. The fourth-order valence-electron chi connectivity index (χ4n) is 1.71. The summed E-state index contributed by atoms with van der Waals surface area (Å²) in [6, 6.07) is 18.7. The minimum Gasteiger partial charge on any atom is -0.287 e. The minimum absolute atomic E-state index is 0.115. The zero-order chi connectivity index (χ0) is 13.5. The number of hydrogen-bond donors (Lipinski definition) is 2. The van der Waals surface area contributed by atoms with E-state index in [1.807, 2.05) is 48.5 Å². The Hall–Kier alpha value is -1.84. The Morgan fingerprint density at radius 3 is 2.16 bits per heavy atom. The summed E-state index contributed by atoms with van der Waals surface area (Å²) in [4.78, 5) is 11.9. The molecule has 0 aliphatic rings. The molecule has 4 heteroatoms. The molecule has 1 amide bonds. The molecule has 0 fully saturated rings. The second kappa shape index (κ2) is 6.92. The number of nitrogens with one attached hydrogen (secondary N) is 2. The van der Waals surface area contributed by atoms with Gasteiger partial charge >= 0.3 is 0 Å². The lowest BCUT2D eigenvalue weighted by Gasteiger charge is -2.17. The number of halogens is 1. The van der Waals surface area contributed by atoms with Gasteiger partial charge in [-0.3, -0.25) is 10.2 Å². The van der Waals surface area contributed by atoms with Crippen LogP contribution in [0.15, 0.2) is 60.7 Å². The maximum Gasteiger partial charge on any atom is 0.265 e. The number of rotatable bonds is 5. The molecular formula is C15H15ClN2O. The van der Waals surface area contributed by atoms with Crippen LogP contribution in [-0.4, -0.2) is 11.8 Å². The lowest BCUT2D eigenvalue weighted by Crippen LogP contribution is -2.40. The van der Waals surface area contributed by atoms with Crippen molar-refractivity contribution >= 4 is 17.5 Å². The van der Waals surface area contributed by atoms with Gasteiger partial charge in [0.15, 0.2) is 0 Å². The van der Waals surface area contributed by atoms with Crippen molar-refractivity contribution in [3.8, 4) is 0 Å². The highest BCUT2D eigenvalue weighted by Crippen LogP contribution is 2.13. The monoisotopic (exact) mass is 274 g/mol. The van der Waals surface area contributed by atoms with Gasteiger partial charge in [-0.1, -0.05) is 48.5 Å². The zero-order valence-electron chi connectivity index (χ0n) is 10.3. The van der Waals surface area contributed by atoms with Gasteiger partial charge in [0.2, 0.25) is 0 Å². The van der Waals surface area contributed by atoms with Crippen molar-refractivity contribution in [1.82, 2.24) is 10.9 Å². The topological polar surface area (TPSA) is 41.1 Å². The van der Waals surface area contributed by atoms with Crippen LogP contribution in [0.2, 0.25) is 0 Å². The van der Waals surface area contributed by atoms with Crippen molar-refractivity contribution in [3.63, 3.8) is 0 Å². The molecule has 2 rings (SSSR count). The fraction of sp³-hybridized carbons (Fsp3) is 0.133. The van der Waals surface area contributed by atoms with Gasteiger partial charge < -0.3 is 0 Å². The first kappa shape index (κ1) is 13.6. The highest BCUT2D eigenvalue weighted by Gasteiger charge is 2.11. The smallest absolute Gasteiger partial charge is 0.265 e. The molecule has 0 saturated carbocycles. The SMILES string of the molecule is O=C(NNC(CCl)c1ccccc1)c1ccccc1. The predicted molar refractivity (Wildman–Crippen MR) is 76.9 cm³/mol. The molecule has 0 aromatic heterocycles. The summed E-state index contributed by atoms with van der Waals surface area (Å²) >= 11 is 5.92. The molecule has 2 aromatic rings. The van der Waals surface area contributed by atoms with E-state index < -0.39 is 0 Å². The van der Waals surface area contributed by atoms with Crippen LogP contribution in [0.1, 0.15) is 22.0 Å². The normalized spacial score (nSPS) is 11.8. The summed E-state index contributed by atoms with van der Waals surface area (Å²) < 4.78 is 0. The number of hydrogen-bond acceptors (Lipinski definition) is 2. The van der Waals surface area contributed by atoms with Gasteiger partial charge in [-0.2, -0.15) is 0 Å². The largest absolute Gasteiger partial charge is 0.287 e. The maximum atomic E-state index is 11.9. The van der Waals surface area contributed by atoms with Crippen molar-refractivity contribution in [2.75, 3.05) is 5.88 Å². The van der Waals surface area contributed by atoms with Crippen LogP contribution in [0.4, 0.5) is 0 Å². The molecule has 1 unspecified atom stereocenters. The second-order valence-corrected chi connectivity index (χ2v) is 4.39. The van der Waals surface area contributed by atoms with E-state index in [1.165, 1.54) is 0 Å². The Bertz CT molecular complexity index is 516. The van der Waals surface area contributed by atoms with Gasteiger partial charge in [0.25, 0.3) is 5.91 Å². The van der Waals surface area contributed by atoms with Gasteiger partial charge in [0.05, 0.1) is 6.04 Å². The molecule has 19 heavy (non-hydrogen) atoms. The highest BCUT2D eigenvalue weighted by molar-refractivity contribution is 6.18. The average molecular weight is 275 g/mol. The molecule has 2 aromatic carbocycles. The third-order valence-electron chi connectivity index (χ3n) is 2.75. The first-order chi connectivity index (χ1) is 9.31. The van der Waals surface area contributed by atoms with Crippen molar-refractivity contribution in [2.24, 2.45) is 0 Å². The van der Waals surface area contributed by atoms with Crippen molar-refractivity contribution < 1.29 is 4.79 Å². The van der Waals surface area contributed by atoms with E-state index >= 15 is 0 Å². The Balaban J connectivity index is 1.96. The van der Waals surface area contributed by atoms with E-state index in [0.717, 1.165) is 5.56 Å². The van der Waals surface area contributed by atoms with Crippen molar-refractivity contribution in [3.05, 3.63) is 71.8 Å². The van der Waals surface area contributed by atoms with E-state index in [9.17, 15) is 4.79 Å².